The van der Waals surface area contributed by atoms with Gasteiger partial charge in [-0.1, -0.05) is 18.6 Å². The van der Waals surface area contributed by atoms with E-state index in [9.17, 15) is 0 Å². The Bertz CT molecular complexity index is 509. The predicted octanol–water partition coefficient (Wildman–Crippen LogP) is 3.73. The molecule has 1 aliphatic rings. The molecular weight excluding hydrogens is 210 g/mol. The topological polar surface area (TPSA) is 16.4 Å². The number of piperidine rings is 1. The molecule has 2 heterocycles. The molecule has 2 nitrogen and oxygen atoms in total. The van der Waals surface area contributed by atoms with Crippen molar-refractivity contribution in [3.05, 3.63) is 35.6 Å². The molecule has 0 radical (unpaired) electrons. The average Bonchev–Trinajstić information content (AvgIpc) is 2.73. The number of furan rings is 1. The summed E-state index contributed by atoms with van der Waals surface area (Å²) < 4.78 is 5.64. The minimum Gasteiger partial charge on any atom is -0.464 e. The maximum atomic E-state index is 5.64. The van der Waals surface area contributed by atoms with Crippen LogP contribution in [0.4, 0.5) is 0 Å². The second kappa shape index (κ2) is 4.53. The van der Waals surface area contributed by atoms with E-state index in [2.05, 4.69) is 30.0 Å². The van der Waals surface area contributed by atoms with E-state index in [1.165, 1.54) is 48.9 Å². The molecule has 1 fully saturated rings. The highest BCUT2D eigenvalue weighted by Crippen LogP contribution is 2.24. The van der Waals surface area contributed by atoms with E-state index in [1.807, 2.05) is 6.26 Å². The summed E-state index contributed by atoms with van der Waals surface area (Å²) in [6, 6.07) is 6.47. The lowest BCUT2D eigenvalue weighted by Gasteiger charge is -2.25. The molecule has 0 spiro atoms. The summed E-state index contributed by atoms with van der Waals surface area (Å²) in [5.74, 6) is 0. The van der Waals surface area contributed by atoms with Crippen molar-refractivity contribution in [2.24, 2.45) is 0 Å². The highest BCUT2D eigenvalue weighted by Gasteiger charge is 2.13. The van der Waals surface area contributed by atoms with Crippen LogP contribution in [0.3, 0.4) is 0 Å². The largest absolute Gasteiger partial charge is 0.464 e. The zero-order valence-corrected chi connectivity index (χ0v) is 10.4. The second-order valence-electron chi connectivity index (χ2n) is 5.10. The number of nitrogens with zero attached hydrogens (tertiary/aromatic N) is 1. The first kappa shape index (κ1) is 10.8. The Balaban J connectivity index is 1.84. The number of aryl methyl sites for hydroxylation is 1. The molecule has 90 valence electrons. The molecule has 2 heteroatoms. The fourth-order valence-corrected chi connectivity index (χ4v) is 2.67. The van der Waals surface area contributed by atoms with E-state index in [0.29, 0.717) is 0 Å². The minimum absolute atomic E-state index is 1.03. The number of likely N-dealkylation sites (tertiary alicyclic amines) is 1. The first-order valence-corrected chi connectivity index (χ1v) is 6.52. The SMILES string of the molecule is Cc1ccc2c(CN3CCCCC3)coc2c1. The van der Waals surface area contributed by atoms with Crippen LogP contribution in [0.15, 0.2) is 28.9 Å². The van der Waals surface area contributed by atoms with E-state index in [1.54, 1.807) is 0 Å². The number of rotatable bonds is 2. The molecule has 0 saturated carbocycles. The first-order valence-electron chi connectivity index (χ1n) is 6.52. The van der Waals surface area contributed by atoms with Gasteiger partial charge < -0.3 is 4.42 Å². The summed E-state index contributed by atoms with van der Waals surface area (Å²) in [5, 5.41) is 1.28. The van der Waals surface area contributed by atoms with Crippen molar-refractivity contribution in [3.8, 4) is 0 Å². The Labute approximate surface area is 102 Å². The molecule has 1 aliphatic heterocycles. The van der Waals surface area contributed by atoms with Crippen molar-refractivity contribution in [1.29, 1.82) is 0 Å². The lowest BCUT2D eigenvalue weighted by Crippen LogP contribution is -2.28. The highest BCUT2D eigenvalue weighted by molar-refractivity contribution is 5.81. The molecule has 17 heavy (non-hydrogen) atoms. The lowest BCUT2D eigenvalue weighted by molar-refractivity contribution is 0.221. The maximum Gasteiger partial charge on any atom is 0.134 e. The van der Waals surface area contributed by atoms with Gasteiger partial charge in [0.2, 0.25) is 0 Å². The molecular formula is C15H19NO. The van der Waals surface area contributed by atoms with Gasteiger partial charge in [0.25, 0.3) is 0 Å². The van der Waals surface area contributed by atoms with Gasteiger partial charge in [0.05, 0.1) is 6.26 Å². The van der Waals surface area contributed by atoms with Gasteiger partial charge in [-0.25, -0.2) is 0 Å². The summed E-state index contributed by atoms with van der Waals surface area (Å²) in [6.45, 7) is 5.61. The number of benzene rings is 1. The molecule has 1 saturated heterocycles. The normalized spacial score (nSPS) is 17.7. The summed E-state index contributed by atoms with van der Waals surface area (Å²) in [4.78, 5) is 2.54. The van der Waals surface area contributed by atoms with Gasteiger partial charge in [0.1, 0.15) is 5.58 Å². The van der Waals surface area contributed by atoms with Gasteiger partial charge in [0.15, 0.2) is 0 Å². The molecule has 0 atom stereocenters. The summed E-state index contributed by atoms with van der Waals surface area (Å²) in [6.07, 6.45) is 6.00. The molecule has 0 aliphatic carbocycles. The quantitative estimate of drug-likeness (QED) is 0.780. The van der Waals surface area contributed by atoms with E-state index < -0.39 is 0 Å². The van der Waals surface area contributed by atoms with Crippen LogP contribution in [-0.2, 0) is 6.54 Å². The van der Waals surface area contributed by atoms with Crippen LogP contribution in [0.25, 0.3) is 11.0 Å². The van der Waals surface area contributed by atoms with E-state index >= 15 is 0 Å². The smallest absolute Gasteiger partial charge is 0.134 e. The van der Waals surface area contributed by atoms with Crippen LogP contribution in [0, 0.1) is 6.92 Å². The van der Waals surface area contributed by atoms with Crippen molar-refractivity contribution < 1.29 is 4.42 Å². The second-order valence-corrected chi connectivity index (χ2v) is 5.10. The van der Waals surface area contributed by atoms with Crippen LogP contribution in [0.5, 0.6) is 0 Å². The van der Waals surface area contributed by atoms with Crippen LogP contribution in [0.2, 0.25) is 0 Å². The Morgan fingerprint density at radius 2 is 2.00 bits per heavy atom. The third kappa shape index (κ3) is 2.22. The number of hydrogen-bond donors (Lipinski definition) is 0. The van der Waals surface area contributed by atoms with Gasteiger partial charge in [-0.05, 0) is 44.5 Å². The Hall–Kier alpha value is -1.28. The molecule has 0 bridgehead atoms. The zero-order chi connectivity index (χ0) is 11.7. The number of hydrogen-bond acceptors (Lipinski definition) is 2. The van der Waals surface area contributed by atoms with E-state index in [0.717, 1.165) is 12.1 Å². The Morgan fingerprint density at radius 1 is 1.18 bits per heavy atom. The van der Waals surface area contributed by atoms with Gasteiger partial charge in [-0.15, -0.1) is 0 Å². The first-order chi connectivity index (χ1) is 8.33. The predicted molar refractivity (Wildman–Crippen MR) is 70.1 cm³/mol. The van der Waals surface area contributed by atoms with Crippen molar-refractivity contribution in [3.63, 3.8) is 0 Å². The van der Waals surface area contributed by atoms with Crippen LogP contribution >= 0.6 is 0 Å². The van der Waals surface area contributed by atoms with E-state index in [4.69, 9.17) is 4.42 Å². The molecule has 0 unspecified atom stereocenters. The fraction of sp³-hybridized carbons (Fsp3) is 0.467. The summed E-state index contributed by atoms with van der Waals surface area (Å²) >= 11 is 0. The third-order valence-corrected chi connectivity index (χ3v) is 3.65. The van der Waals surface area contributed by atoms with Crippen LogP contribution in [0.1, 0.15) is 30.4 Å². The van der Waals surface area contributed by atoms with Crippen LogP contribution in [-0.4, -0.2) is 18.0 Å². The zero-order valence-electron chi connectivity index (χ0n) is 10.4. The van der Waals surface area contributed by atoms with Crippen molar-refractivity contribution in [2.75, 3.05) is 13.1 Å². The lowest BCUT2D eigenvalue weighted by atomic mass is 10.1. The molecule has 1 aromatic heterocycles. The Morgan fingerprint density at radius 3 is 2.82 bits per heavy atom. The third-order valence-electron chi connectivity index (χ3n) is 3.65. The summed E-state index contributed by atoms with van der Waals surface area (Å²) in [5.41, 5.74) is 3.62. The molecule has 2 aromatic rings. The number of fused-ring (bicyclic) bond motifs is 1. The fourth-order valence-electron chi connectivity index (χ4n) is 2.67. The molecule has 1 aromatic carbocycles. The standard InChI is InChI=1S/C15H19NO/c1-12-5-6-14-13(11-17-15(14)9-12)10-16-7-3-2-4-8-16/h5-6,9,11H,2-4,7-8,10H2,1H3. The van der Waals surface area contributed by atoms with Gasteiger partial charge in [0, 0.05) is 17.5 Å². The average molecular weight is 229 g/mol. The minimum atomic E-state index is 1.03. The van der Waals surface area contributed by atoms with Crippen molar-refractivity contribution >= 4 is 11.0 Å². The highest BCUT2D eigenvalue weighted by atomic mass is 16.3. The van der Waals surface area contributed by atoms with E-state index in [-0.39, 0.29) is 0 Å². The monoisotopic (exact) mass is 229 g/mol. The van der Waals surface area contributed by atoms with Gasteiger partial charge in [-0.2, -0.15) is 0 Å². The van der Waals surface area contributed by atoms with Crippen molar-refractivity contribution in [2.45, 2.75) is 32.7 Å². The van der Waals surface area contributed by atoms with Crippen LogP contribution < -0.4 is 0 Å². The Kier molecular flexibility index (Phi) is 2.89. The molecule has 3 rings (SSSR count). The molecule has 0 amide bonds. The maximum absolute atomic E-state index is 5.64. The summed E-state index contributed by atoms with van der Waals surface area (Å²) in [7, 11) is 0. The molecule has 0 N–H and O–H groups in total. The van der Waals surface area contributed by atoms with Gasteiger partial charge in [-0.3, -0.25) is 4.90 Å². The van der Waals surface area contributed by atoms with Crippen molar-refractivity contribution in [1.82, 2.24) is 4.90 Å². The van der Waals surface area contributed by atoms with Gasteiger partial charge >= 0.3 is 0 Å².